The molecule has 0 aliphatic rings. The van der Waals surface area contributed by atoms with Gasteiger partial charge in [-0.2, -0.15) is 0 Å². The second-order valence-electron chi connectivity index (χ2n) is 3.43. The summed E-state index contributed by atoms with van der Waals surface area (Å²) in [5, 5.41) is 19.7. The molecule has 0 amide bonds. The van der Waals surface area contributed by atoms with Gasteiger partial charge in [0, 0.05) is 12.1 Å². The van der Waals surface area contributed by atoms with Crippen molar-refractivity contribution >= 4 is 11.9 Å². The third-order valence-electron chi connectivity index (χ3n) is 1.80. The van der Waals surface area contributed by atoms with Gasteiger partial charge in [-0.25, -0.2) is 0 Å². The molecule has 0 aromatic heterocycles. The molecule has 105 valence electrons. The third-order valence-corrected chi connectivity index (χ3v) is 1.80. The normalized spacial score (nSPS) is 12.5. The van der Waals surface area contributed by atoms with E-state index < -0.39 is 24.0 Å². The molecule has 0 fully saturated rings. The van der Waals surface area contributed by atoms with E-state index in [-0.39, 0.29) is 17.1 Å². The SMILES string of the molecule is CCC[C@H](N)C(=O)[O-].CCC[C@H](N)C(=O)[O-].[Cu+2]. The first kappa shape index (κ1) is 21.6. The molecular weight excluding hydrogens is 276 g/mol. The monoisotopic (exact) mass is 295 g/mol. The number of hydrogen-bond acceptors (Lipinski definition) is 6. The number of nitrogens with two attached hydrogens (primary N) is 2. The molecular formula is C10H20CuN2O4. The topological polar surface area (TPSA) is 132 Å². The molecule has 0 bridgehead atoms. The first-order chi connectivity index (χ1) is 7.36. The summed E-state index contributed by atoms with van der Waals surface area (Å²) in [5.74, 6) is -2.32. The molecule has 0 aromatic rings. The molecule has 0 aromatic carbocycles. The first-order valence-corrected chi connectivity index (χ1v) is 5.29. The molecule has 6 nitrogen and oxygen atoms in total. The largest absolute Gasteiger partial charge is 2.00 e. The second kappa shape index (κ2) is 13.4. The number of carbonyl (C=O) groups excluding carboxylic acids is 2. The van der Waals surface area contributed by atoms with Crippen LogP contribution in [-0.2, 0) is 26.7 Å². The molecule has 7 heteroatoms. The maximum atomic E-state index is 9.85. The van der Waals surface area contributed by atoms with Gasteiger partial charge in [-0.05, 0) is 12.8 Å². The molecule has 0 spiro atoms. The Kier molecular flexibility index (Phi) is 17.1. The van der Waals surface area contributed by atoms with E-state index in [0.717, 1.165) is 12.8 Å². The quantitative estimate of drug-likeness (QED) is 0.531. The summed E-state index contributed by atoms with van der Waals surface area (Å²) in [4.78, 5) is 19.7. The van der Waals surface area contributed by atoms with Crippen molar-refractivity contribution in [2.45, 2.75) is 51.6 Å². The summed E-state index contributed by atoms with van der Waals surface area (Å²) in [6.45, 7) is 3.76. The number of carboxylic acid groups (broad SMARTS) is 2. The minimum absolute atomic E-state index is 0. The zero-order chi connectivity index (χ0) is 13.1. The smallest absolute Gasteiger partial charge is 0.548 e. The van der Waals surface area contributed by atoms with E-state index in [4.69, 9.17) is 11.5 Å². The van der Waals surface area contributed by atoms with Crippen LogP contribution in [0.15, 0.2) is 0 Å². The third kappa shape index (κ3) is 15.4. The van der Waals surface area contributed by atoms with Crippen LogP contribution in [0.3, 0.4) is 0 Å². The van der Waals surface area contributed by atoms with E-state index in [1.807, 2.05) is 13.8 Å². The summed E-state index contributed by atoms with van der Waals surface area (Å²) >= 11 is 0. The molecule has 4 N–H and O–H groups in total. The summed E-state index contributed by atoms with van der Waals surface area (Å²) in [7, 11) is 0. The number of rotatable bonds is 6. The summed E-state index contributed by atoms with van der Waals surface area (Å²) < 4.78 is 0. The molecule has 0 unspecified atom stereocenters. The average molecular weight is 296 g/mol. The van der Waals surface area contributed by atoms with Crippen LogP contribution in [-0.4, -0.2) is 24.0 Å². The van der Waals surface area contributed by atoms with Gasteiger partial charge in [-0.3, -0.25) is 0 Å². The van der Waals surface area contributed by atoms with E-state index >= 15 is 0 Å². The number of carbonyl (C=O) groups is 2. The predicted molar refractivity (Wildman–Crippen MR) is 55.8 cm³/mol. The molecule has 0 rings (SSSR count). The number of hydrogen-bond donors (Lipinski definition) is 2. The minimum atomic E-state index is -1.16. The van der Waals surface area contributed by atoms with Gasteiger partial charge in [0.1, 0.15) is 0 Å². The fraction of sp³-hybridized carbons (Fsp3) is 0.800. The summed E-state index contributed by atoms with van der Waals surface area (Å²) in [5.41, 5.74) is 10.1. The molecule has 0 aliphatic carbocycles. The van der Waals surface area contributed by atoms with E-state index in [0.29, 0.717) is 12.8 Å². The maximum absolute atomic E-state index is 9.85. The van der Waals surface area contributed by atoms with E-state index in [9.17, 15) is 19.8 Å². The Morgan fingerprint density at radius 2 is 1.18 bits per heavy atom. The van der Waals surface area contributed by atoms with Crippen molar-refractivity contribution < 1.29 is 36.9 Å². The Morgan fingerprint density at radius 1 is 0.941 bits per heavy atom. The van der Waals surface area contributed by atoms with Gasteiger partial charge in [0.2, 0.25) is 0 Å². The molecule has 0 saturated carbocycles. The van der Waals surface area contributed by atoms with Crippen molar-refractivity contribution in [3.8, 4) is 0 Å². The Morgan fingerprint density at radius 3 is 1.24 bits per heavy atom. The van der Waals surface area contributed by atoms with Crippen molar-refractivity contribution in [2.75, 3.05) is 0 Å². The standard InChI is InChI=1S/2C5H11NO2.Cu/c2*1-2-3-4(6)5(7)8;/h2*4H,2-3,6H2,1H3,(H,7,8);/q;;+2/p-2/t2*4-;/m00./s1. The van der Waals surface area contributed by atoms with Gasteiger partial charge in [0.15, 0.2) is 0 Å². The molecule has 17 heavy (non-hydrogen) atoms. The average Bonchev–Trinajstić information content (AvgIpc) is 2.19. The Balaban J connectivity index is -0.000000218. The van der Waals surface area contributed by atoms with E-state index in [1.54, 1.807) is 0 Å². The molecule has 2 atom stereocenters. The van der Waals surface area contributed by atoms with Crippen LogP contribution in [0.25, 0.3) is 0 Å². The minimum Gasteiger partial charge on any atom is -0.548 e. The fourth-order valence-electron chi connectivity index (χ4n) is 0.858. The van der Waals surface area contributed by atoms with Crippen molar-refractivity contribution in [1.82, 2.24) is 0 Å². The van der Waals surface area contributed by atoms with Crippen LogP contribution in [0.4, 0.5) is 0 Å². The Hall–Kier alpha value is -0.621. The van der Waals surface area contributed by atoms with Gasteiger partial charge in [0.25, 0.3) is 0 Å². The van der Waals surface area contributed by atoms with Crippen LogP contribution in [0.2, 0.25) is 0 Å². The van der Waals surface area contributed by atoms with Crippen LogP contribution < -0.4 is 21.7 Å². The van der Waals surface area contributed by atoms with Gasteiger partial charge in [0.05, 0.1) is 11.9 Å². The molecule has 0 saturated heterocycles. The number of aliphatic carboxylic acids is 2. The molecule has 1 radical (unpaired) electrons. The van der Waals surface area contributed by atoms with Gasteiger partial charge < -0.3 is 31.3 Å². The first-order valence-electron chi connectivity index (χ1n) is 5.29. The Labute approximate surface area is 112 Å². The van der Waals surface area contributed by atoms with Crippen LogP contribution in [0.5, 0.6) is 0 Å². The van der Waals surface area contributed by atoms with Crippen molar-refractivity contribution in [2.24, 2.45) is 11.5 Å². The zero-order valence-corrected chi connectivity index (χ0v) is 11.0. The van der Waals surface area contributed by atoms with Gasteiger partial charge in [-0.15, -0.1) is 0 Å². The van der Waals surface area contributed by atoms with Crippen LogP contribution in [0.1, 0.15) is 39.5 Å². The second-order valence-corrected chi connectivity index (χ2v) is 3.43. The van der Waals surface area contributed by atoms with Gasteiger partial charge in [-0.1, -0.05) is 26.7 Å². The van der Waals surface area contributed by atoms with Crippen molar-refractivity contribution in [3.63, 3.8) is 0 Å². The van der Waals surface area contributed by atoms with Crippen LogP contribution >= 0.6 is 0 Å². The van der Waals surface area contributed by atoms with Crippen LogP contribution in [0, 0.1) is 0 Å². The van der Waals surface area contributed by atoms with Crippen molar-refractivity contribution in [3.05, 3.63) is 0 Å². The summed E-state index contributed by atoms with van der Waals surface area (Å²) in [6.07, 6.45) is 2.58. The zero-order valence-electron chi connectivity index (χ0n) is 10.1. The van der Waals surface area contributed by atoms with Crippen molar-refractivity contribution in [1.29, 1.82) is 0 Å². The van der Waals surface area contributed by atoms with Gasteiger partial charge >= 0.3 is 17.1 Å². The molecule has 0 aliphatic heterocycles. The molecule has 0 heterocycles. The number of carboxylic acids is 2. The van der Waals surface area contributed by atoms with E-state index in [2.05, 4.69) is 0 Å². The fourth-order valence-corrected chi connectivity index (χ4v) is 0.858. The Bertz CT molecular complexity index is 192. The van der Waals surface area contributed by atoms with E-state index in [1.165, 1.54) is 0 Å². The maximum Gasteiger partial charge on any atom is 2.00 e. The predicted octanol–water partition coefficient (Wildman–Crippen LogP) is -2.28. The summed E-state index contributed by atoms with van der Waals surface area (Å²) in [6, 6.07) is -1.56.